The Hall–Kier alpha value is -2.72. The number of nitriles is 1. The second-order valence-corrected chi connectivity index (χ2v) is 5.11. The monoisotopic (exact) mass is 342 g/mol. The molecular formula is C14H7BrN4O2. The summed E-state index contributed by atoms with van der Waals surface area (Å²) in [7, 11) is 0. The molecule has 0 bridgehead atoms. The molecule has 0 fully saturated rings. The lowest BCUT2D eigenvalue weighted by Gasteiger charge is -2.07. The molecule has 102 valence electrons. The molecule has 0 saturated carbocycles. The molecule has 0 aliphatic heterocycles. The summed E-state index contributed by atoms with van der Waals surface area (Å²) in [6, 6.07) is 11.8. The highest BCUT2D eigenvalue weighted by atomic mass is 79.9. The number of rotatable bonds is 2. The Morgan fingerprint density at radius 3 is 2.81 bits per heavy atom. The van der Waals surface area contributed by atoms with Gasteiger partial charge < -0.3 is 5.11 Å². The van der Waals surface area contributed by atoms with Crippen LogP contribution in [0.1, 0.15) is 15.9 Å². The number of carbonyl (C=O) groups is 1. The number of para-hydroxylation sites is 1. The van der Waals surface area contributed by atoms with Crippen LogP contribution in [-0.4, -0.2) is 26.1 Å². The topological polar surface area (TPSA) is 91.8 Å². The predicted molar refractivity (Wildman–Crippen MR) is 78.2 cm³/mol. The molecule has 0 aliphatic rings. The van der Waals surface area contributed by atoms with Gasteiger partial charge >= 0.3 is 5.97 Å². The fourth-order valence-corrected chi connectivity index (χ4v) is 2.61. The summed E-state index contributed by atoms with van der Waals surface area (Å²) < 4.78 is 2.08. The molecule has 0 amide bonds. The summed E-state index contributed by atoms with van der Waals surface area (Å²) in [4.78, 5) is 11.4. The van der Waals surface area contributed by atoms with Crippen molar-refractivity contribution >= 4 is 32.9 Å². The van der Waals surface area contributed by atoms with Crippen molar-refractivity contribution in [3.63, 3.8) is 0 Å². The van der Waals surface area contributed by atoms with Gasteiger partial charge in [-0.1, -0.05) is 11.3 Å². The molecule has 1 N–H and O–H groups in total. The van der Waals surface area contributed by atoms with Crippen LogP contribution in [0.3, 0.4) is 0 Å². The van der Waals surface area contributed by atoms with Crippen molar-refractivity contribution in [2.24, 2.45) is 0 Å². The Kier molecular flexibility index (Phi) is 3.16. The minimum absolute atomic E-state index is 0.119. The highest BCUT2D eigenvalue weighted by molar-refractivity contribution is 9.10. The first kappa shape index (κ1) is 13.3. The van der Waals surface area contributed by atoms with E-state index < -0.39 is 5.97 Å². The van der Waals surface area contributed by atoms with Crippen molar-refractivity contribution < 1.29 is 9.90 Å². The maximum Gasteiger partial charge on any atom is 0.337 e. The summed E-state index contributed by atoms with van der Waals surface area (Å²) in [5, 5.41) is 26.2. The van der Waals surface area contributed by atoms with Gasteiger partial charge in [0.2, 0.25) is 0 Å². The van der Waals surface area contributed by atoms with Crippen LogP contribution in [0.5, 0.6) is 0 Å². The molecule has 7 heteroatoms. The van der Waals surface area contributed by atoms with Crippen LogP contribution in [0, 0.1) is 11.3 Å². The first-order valence-corrected chi connectivity index (χ1v) is 6.69. The number of benzene rings is 2. The fraction of sp³-hybridized carbons (Fsp3) is 0. The lowest BCUT2D eigenvalue weighted by Crippen LogP contribution is -2.04. The second kappa shape index (κ2) is 5.00. The van der Waals surface area contributed by atoms with E-state index in [0.717, 1.165) is 0 Å². The van der Waals surface area contributed by atoms with Crippen LogP contribution in [0.25, 0.3) is 16.7 Å². The van der Waals surface area contributed by atoms with E-state index in [1.807, 2.05) is 6.07 Å². The average molecular weight is 343 g/mol. The van der Waals surface area contributed by atoms with Crippen molar-refractivity contribution in [1.82, 2.24) is 15.0 Å². The third-order valence-corrected chi connectivity index (χ3v) is 3.64. The largest absolute Gasteiger partial charge is 0.478 e. The van der Waals surface area contributed by atoms with Crippen LogP contribution >= 0.6 is 15.9 Å². The van der Waals surface area contributed by atoms with Gasteiger partial charge in [-0.3, -0.25) is 0 Å². The summed E-state index contributed by atoms with van der Waals surface area (Å²) in [6.45, 7) is 0. The van der Waals surface area contributed by atoms with Gasteiger partial charge in [-0.05, 0) is 46.3 Å². The smallest absolute Gasteiger partial charge is 0.337 e. The van der Waals surface area contributed by atoms with Crippen LogP contribution in [0.4, 0.5) is 0 Å². The first-order valence-electron chi connectivity index (χ1n) is 5.89. The maximum atomic E-state index is 11.4. The quantitative estimate of drug-likeness (QED) is 0.772. The van der Waals surface area contributed by atoms with Gasteiger partial charge in [-0.2, -0.15) is 5.26 Å². The van der Waals surface area contributed by atoms with Crippen molar-refractivity contribution in [2.45, 2.75) is 0 Å². The van der Waals surface area contributed by atoms with Gasteiger partial charge in [-0.25, -0.2) is 9.48 Å². The van der Waals surface area contributed by atoms with E-state index in [0.29, 0.717) is 26.8 Å². The molecule has 0 saturated heterocycles. The standard InChI is InChI=1S/C14H7BrN4O2/c15-10-6-8(7-16)4-5-12(10)19-13-9(14(20)21)2-1-3-11(13)17-18-19/h1-6H,(H,20,21). The number of halogens is 1. The van der Waals surface area contributed by atoms with Crippen LogP contribution in [-0.2, 0) is 0 Å². The number of aromatic carboxylic acids is 1. The SMILES string of the molecule is N#Cc1ccc(-n2nnc3cccc(C(=O)O)c32)c(Br)c1. The van der Waals surface area contributed by atoms with E-state index in [-0.39, 0.29) is 5.56 Å². The second-order valence-electron chi connectivity index (χ2n) is 4.26. The normalized spacial score (nSPS) is 10.5. The lowest BCUT2D eigenvalue weighted by molar-refractivity contribution is 0.0698. The van der Waals surface area contributed by atoms with Crippen molar-refractivity contribution in [2.75, 3.05) is 0 Å². The summed E-state index contributed by atoms with van der Waals surface area (Å²) >= 11 is 3.37. The maximum absolute atomic E-state index is 11.4. The molecule has 2 aromatic carbocycles. The molecule has 3 rings (SSSR count). The Labute approximate surface area is 127 Å². The Morgan fingerprint density at radius 2 is 2.14 bits per heavy atom. The molecule has 1 heterocycles. The van der Waals surface area contributed by atoms with Gasteiger partial charge in [0.1, 0.15) is 11.0 Å². The average Bonchev–Trinajstić information content (AvgIpc) is 2.90. The zero-order valence-electron chi connectivity index (χ0n) is 10.5. The van der Waals surface area contributed by atoms with E-state index >= 15 is 0 Å². The fourth-order valence-electron chi connectivity index (χ4n) is 2.06. The number of carboxylic acid groups (broad SMARTS) is 1. The molecule has 3 aromatic rings. The number of fused-ring (bicyclic) bond motifs is 1. The molecule has 6 nitrogen and oxygen atoms in total. The molecular weight excluding hydrogens is 336 g/mol. The molecule has 0 atom stereocenters. The van der Waals surface area contributed by atoms with Gasteiger partial charge in [0, 0.05) is 4.47 Å². The van der Waals surface area contributed by atoms with Gasteiger partial charge in [0.05, 0.1) is 22.9 Å². The van der Waals surface area contributed by atoms with E-state index in [1.165, 1.54) is 10.7 Å². The Morgan fingerprint density at radius 1 is 1.33 bits per heavy atom. The van der Waals surface area contributed by atoms with Crippen molar-refractivity contribution in [1.29, 1.82) is 5.26 Å². The summed E-state index contributed by atoms with van der Waals surface area (Å²) in [5.41, 5.74) is 2.13. The van der Waals surface area contributed by atoms with Crippen LogP contribution in [0.15, 0.2) is 40.9 Å². The third-order valence-electron chi connectivity index (χ3n) is 3.00. The highest BCUT2D eigenvalue weighted by Crippen LogP contribution is 2.26. The lowest BCUT2D eigenvalue weighted by atomic mass is 10.1. The summed E-state index contributed by atoms with van der Waals surface area (Å²) in [6.07, 6.45) is 0. The minimum atomic E-state index is -1.05. The highest BCUT2D eigenvalue weighted by Gasteiger charge is 2.17. The minimum Gasteiger partial charge on any atom is -0.478 e. The molecule has 0 unspecified atom stereocenters. The van der Waals surface area contributed by atoms with E-state index in [2.05, 4.69) is 26.2 Å². The molecule has 0 aliphatic carbocycles. The van der Waals surface area contributed by atoms with E-state index in [9.17, 15) is 9.90 Å². The van der Waals surface area contributed by atoms with E-state index in [4.69, 9.17) is 5.26 Å². The van der Waals surface area contributed by atoms with Gasteiger partial charge in [0.25, 0.3) is 0 Å². The summed E-state index contributed by atoms with van der Waals surface area (Å²) in [5.74, 6) is -1.05. The number of carboxylic acids is 1. The third kappa shape index (κ3) is 2.15. The number of hydrogen-bond acceptors (Lipinski definition) is 4. The molecule has 0 radical (unpaired) electrons. The zero-order valence-corrected chi connectivity index (χ0v) is 12.1. The number of aromatic nitrogens is 3. The van der Waals surface area contributed by atoms with Crippen LogP contribution < -0.4 is 0 Å². The van der Waals surface area contributed by atoms with E-state index in [1.54, 1.807) is 30.3 Å². The zero-order chi connectivity index (χ0) is 15.0. The van der Waals surface area contributed by atoms with Crippen molar-refractivity contribution in [3.05, 3.63) is 52.0 Å². The number of nitrogens with zero attached hydrogens (tertiary/aromatic N) is 4. The van der Waals surface area contributed by atoms with Crippen LogP contribution in [0.2, 0.25) is 0 Å². The van der Waals surface area contributed by atoms with Gasteiger partial charge in [0.15, 0.2) is 0 Å². The Bertz CT molecular complexity index is 911. The molecule has 0 spiro atoms. The predicted octanol–water partition coefficient (Wildman–Crippen LogP) is 2.75. The molecule has 1 aromatic heterocycles. The van der Waals surface area contributed by atoms with Gasteiger partial charge in [-0.15, -0.1) is 5.10 Å². The first-order chi connectivity index (χ1) is 10.1. The molecule has 21 heavy (non-hydrogen) atoms. The van der Waals surface area contributed by atoms with Crippen molar-refractivity contribution in [3.8, 4) is 11.8 Å². The Balaban J connectivity index is 2.31. The number of hydrogen-bond donors (Lipinski definition) is 1.